The predicted octanol–water partition coefficient (Wildman–Crippen LogP) is 4.33. The zero-order valence-corrected chi connectivity index (χ0v) is 14.9. The number of allylic oxidation sites excluding steroid dienone is 2. The Morgan fingerprint density at radius 3 is 2.21 bits per heavy atom. The summed E-state index contributed by atoms with van der Waals surface area (Å²) in [4.78, 5) is 38.8. The van der Waals surface area contributed by atoms with Gasteiger partial charge in [-0.15, -0.1) is 0 Å². The Balaban J connectivity index is 2.22. The standard InChI is InChI=1S/C18H11BrClNO3/c1-10(22)21(12-6-4-5-11(19)9-12)16-15(20)17(23)13-7-2-3-8-14(13)18(16)24/h2-9H,1H3. The molecule has 0 saturated heterocycles. The van der Waals surface area contributed by atoms with Gasteiger partial charge in [0.05, 0.1) is 5.69 Å². The van der Waals surface area contributed by atoms with Crippen molar-refractivity contribution in [1.29, 1.82) is 0 Å². The van der Waals surface area contributed by atoms with E-state index in [4.69, 9.17) is 11.6 Å². The fourth-order valence-corrected chi connectivity index (χ4v) is 3.27. The van der Waals surface area contributed by atoms with Gasteiger partial charge in [-0.3, -0.25) is 19.3 Å². The Labute approximate surface area is 151 Å². The van der Waals surface area contributed by atoms with Crippen LogP contribution < -0.4 is 4.90 Å². The number of hydrogen-bond acceptors (Lipinski definition) is 3. The van der Waals surface area contributed by atoms with Crippen molar-refractivity contribution in [3.8, 4) is 0 Å². The van der Waals surface area contributed by atoms with E-state index in [-0.39, 0.29) is 21.9 Å². The number of ketones is 2. The zero-order valence-electron chi connectivity index (χ0n) is 12.5. The first-order valence-corrected chi connectivity index (χ1v) is 8.23. The van der Waals surface area contributed by atoms with E-state index < -0.39 is 17.5 Å². The van der Waals surface area contributed by atoms with Gasteiger partial charge in [0.1, 0.15) is 10.7 Å². The Bertz CT molecular complexity index is 920. The second-order valence-electron chi connectivity index (χ2n) is 5.20. The molecule has 1 aliphatic rings. The van der Waals surface area contributed by atoms with Crippen LogP contribution in [-0.4, -0.2) is 17.5 Å². The summed E-state index contributed by atoms with van der Waals surface area (Å²) in [6, 6.07) is 13.3. The monoisotopic (exact) mass is 403 g/mol. The van der Waals surface area contributed by atoms with E-state index in [0.717, 1.165) is 4.47 Å². The minimum atomic E-state index is -0.469. The third-order valence-corrected chi connectivity index (χ3v) is 4.49. The maximum atomic E-state index is 12.9. The molecule has 0 unspecified atom stereocenters. The highest BCUT2D eigenvalue weighted by atomic mass is 79.9. The van der Waals surface area contributed by atoms with E-state index in [0.29, 0.717) is 5.69 Å². The van der Waals surface area contributed by atoms with Crippen molar-refractivity contribution in [2.75, 3.05) is 4.90 Å². The van der Waals surface area contributed by atoms with Crippen LogP contribution >= 0.6 is 27.5 Å². The summed E-state index contributed by atoms with van der Waals surface area (Å²) in [6.45, 7) is 1.32. The van der Waals surface area contributed by atoms with Crippen LogP contribution in [0.5, 0.6) is 0 Å². The smallest absolute Gasteiger partial charge is 0.228 e. The van der Waals surface area contributed by atoms with E-state index in [9.17, 15) is 14.4 Å². The van der Waals surface area contributed by atoms with Gasteiger partial charge in [0, 0.05) is 22.5 Å². The molecule has 3 rings (SSSR count). The first-order chi connectivity index (χ1) is 11.4. The van der Waals surface area contributed by atoms with Crippen LogP contribution in [0.2, 0.25) is 0 Å². The van der Waals surface area contributed by atoms with Gasteiger partial charge < -0.3 is 0 Å². The lowest BCUT2D eigenvalue weighted by atomic mass is 9.91. The summed E-state index contributed by atoms with van der Waals surface area (Å²) in [5.74, 6) is -1.34. The maximum absolute atomic E-state index is 12.9. The molecule has 4 nitrogen and oxygen atoms in total. The molecule has 0 atom stereocenters. The van der Waals surface area contributed by atoms with Crippen molar-refractivity contribution < 1.29 is 14.4 Å². The minimum Gasteiger partial charge on any atom is -0.287 e. The van der Waals surface area contributed by atoms with Gasteiger partial charge >= 0.3 is 0 Å². The largest absolute Gasteiger partial charge is 0.287 e. The lowest BCUT2D eigenvalue weighted by Gasteiger charge is -2.27. The number of nitrogens with zero attached hydrogens (tertiary/aromatic N) is 1. The number of fused-ring (bicyclic) bond motifs is 1. The van der Waals surface area contributed by atoms with Gasteiger partial charge in [-0.05, 0) is 18.2 Å². The van der Waals surface area contributed by atoms with Crippen molar-refractivity contribution >= 4 is 50.7 Å². The van der Waals surface area contributed by atoms with Crippen LogP contribution in [0.15, 0.2) is 63.7 Å². The number of halogens is 2. The third kappa shape index (κ3) is 2.70. The van der Waals surface area contributed by atoms with Crippen LogP contribution in [0.1, 0.15) is 27.6 Å². The van der Waals surface area contributed by atoms with Crippen molar-refractivity contribution in [3.63, 3.8) is 0 Å². The number of Topliss-reactive ketones (excluding diaryl/α,β-unsaturated/α-hetero) is 2. The van der Waals surface area contributed by atoms with Crippen LogP contribution in [0.4, 0.5) is 5.69 Å². The third-order valence-electron chi connectivity index (χ3n) is 3.64. The summed E-state index contributed by atoms with van der Waals surface area (Å²) < 4.78 is 0.734. The van der Waals surface area contributed by atoms with Gasteiger partial charge in [0.15, 0.2) is 0 Å². The average molecular weight is 405 g/mol. The predicted molar refractivity (Wildman–Crippen MR) is 95.3 cm³/mol. The quantitative estimate of drug-likeness (QED) is 0.748. The van der Waals surface area contributed by atoms with Crippen molar-refractivity contribution in [2.45, 2.75) is 6.92 Å². The van der Waals surface area contributed by atoms with Crippen LogP contribution in [-0.2, 0) is 4.79 Å². The molecule has 0 radical (unpaired) electrons. The number of benzene rings is 2. The Hall–Kier alpha value is -2.24. The van der Waals surface area contributed by atoms with Gasteiger partial charge in [-0.1, -0.05) is 57.9 Å². The molecule has 0 aliphatic heterocycles. The molecule has 0 N–H and O–H groups in total. The minimum absolute atomic E-state index is 0.119. The lowest BCUT2D eigenvalue weighted by Crippen LogP contribution is -2.36. The number of carbonyl (C=O) groups excluding carboxylic acids is 3. The molecule has 0 spiro atoms. The molecule has 0 heterocycles. The van der Waals surface area contributed by atoms with Gasteiger partial charge in [-0.2, -0.15) is 0 Å². The number of anilines is 1. The average Bonchev–Trinajstić information content (AvgIpc) is 2.56. The van der Waals surface area contributed by atoms with Crippen molar-refractivity contribution in [2.24, 2.45) is 0 Å². The Morgan fingerprint density at radius 1 is 1.00 bits per heavy atom. The Kier molecular flexibility index (Phi) is 4.39. The van der Waals surface area contributed by atoms with Crippen molar-refractivity contribution in [1.82, 2.24) is 0 Å². The second kappa shape index (κ2) is 6.34. The van der Waals surface area contributed by atoms with E-state index in [1.54, 1.807) is 48.5 Å². The molecular formula is C18H11BrClNO3. The SMILES string of the molecule is CC(=O)N(C1=C(Cl)C(=O)c2ccccc2C1=O)c1cccc(Br)c1. The van der Waals surface area contributed by atoms with Crippen molar-refractivity contribution in [3.05, 3.63) is 74.9 Å². The first kappa shape index (κ1) is 16.6. The molecule has 120 valence electrons. The highest BCUT2D eigenvalue weighted by molar-refractivity contribution is 9.10. The van der Waals surface area contributed by atoms with E-state index in [1.807, 2.05) is 0 Å². The van der Waals surface area contributed by atoms with E-state index >= 15 is 0 Å². The summed E-state index contributed by atoms with van der Waals surface area (Å²) in [5, 5.41) is -0.256. The molecule has 1 aliphatic carbocycles. The molecular weight excluding hydrogens is 394 g/mol. The summed E-state index contributed by atoms with van der Waals surface area (Å²) in [5.41, 5.74) is 0.814. The van der Waals surface area contributed by atoms with Gasteiger partial charge in [0.25, 0.3) is 0 Å². The Morgan fingerprint density at radius 2 is 1.62 bits per heavy atom. The summed E-state index contributed by atoms with van der Waals surface area (Å²) in [7, 11) is 0. The maximum Gasteiger partial charge on any atom is 0.228 e. The molecule has 0 saturated carbocycles. The molecule has 2 aromatic carbocycles. The molecule has 0 fully saturated rings. The van der Waals surface area contributed by atoms with Crippen LogP contribution in [0, 0.1) is 0 Å². The number of hydrogen-bond donors (Lipinski definition) is 0. The fraction of sp³-hybridized carbons (Fsp3) is 0.0556. The molecule has 2 aromatic rings. The van der Waals surface area contributed by atoms with Crippen LogP contribution in [0.25, 0.3) is 0 Å². The highest BCUT2D eigenvalue weighted by Crippen LogP contribution is 2.34. The van der Waals surface area contributed by atoms with Gasteiger partial charge in [0.2, 0.25) is 17.5 Å². The number of carbonyl (C=O) groups is 3. The zero-order chi connectivity index (χ0) is 17.4. The molecule has 24 heavy (non-hydrogen) atoms. The summed E-state index contributed by atoms with van der Waals surface area (Å²) >= 11 is 9.52. The lowest BCUT2D eigenvalue weighted by molar-refractivity contribution is -0.116. The van der Waals surface area contributed by atoms with E-state index in [1.165, 1.54) is 11.8 Å². The molecule has 6 heteroatoms. The second-order valence-corrected chi connectivity index (χ2v) is 6.49. The highest BCUT2D eigenvalue weighted by Gasteiger charge is 2.36. The summed E-state index contributed by atoms with van der Waals surface area (Å²) in [6.07, 6.45) is 0. The number of rotatable bonds is 2. The number of amides is 1. The molecule has 1 amide bonds. The fourth-order valence-electron chi connectivity index (χ4n) is 2.62. The molecule has 0 bridgehead atoms. The molecule has 0 aromatic heterocycles. The normalized spacial score (nSPS) is 13.8. The topological polar surface area (TPSA) is 54.5 Å². The first-order valence-electron chi connectivity index (χ1n) is 7.06. The van der Waals surface area contributed by atoms with E-state index in [2.05, 4.69) is 15.9 Å². The van der Waals surface area contributed by atoms with Gasteiger partial charge in [-0.25, -0.2) is 0 Å². The van der Waals surface area contributed by atoms with Crippen LogP contribution in [0.3, 0.4) is 0 Å².